The zero-order chi connectivity index (χ0) is 19.4. The first kappa shape index (κ1) is 19.0. The van der Waals surface area contributed by atoms with Crippen LogP contribution in [0.25, 0.3) is 10.9 Å². The van der Waals surface area contributed by atoms with E-state index in [1.165, 1.54) is 22.0 Å². The summed E-state index contributed by atoms with van der Waals surface area (Å²) < 4.78 is 12.1. The lowest BCUT2D eigenvalue weighted by Gasteiger charge is -2.31. The van der Waals surface area contributed by atoms with Crippen molar-refractivity contribution in [2.75, 3.05) is 26.8 Å². The topological polar surface area (TPSA) is 37.5 Å². The third-order valence-electron chi connectivity index (χ3n) is 5.97. The van der Waals surface area contributed by atoms with Crippen molar-refractivity contribution in [3.05, 3.63) is 65.9 Å². The van der Waals surface area contributed by atoms with Gasteiger partial charge in [0, 0.05) is 31.9 Å². The molecule has 0 amide bonds. The summed E-state index contributed by atoms with van der Waals surface area (Å²) >= 11 is 0. The number of aromatic amines is 1. The number of hydrogen-bond acceptors (Lipinski definition) is 3. The maximum Gasteiger partial charge on any atom is 0.119 e. The van der Waals surface area contributed by atoms with Gasteiger partial charge in [-0.3, -0.25) is 4.90 Å². The summed E-state index contributed by atoms with van der Waals surface area (Å²) in [6.45, 7) is 5.81. The summed E-state index contributed by atoms with van der Waals surface area (Å²) in [5, 5.41) is 1.28. The molecular formula is C24H30N2O2. The Morgan fingerprint density at radius 1 is 1.04 bits per heavy atom. The van der Waals surface area contributed by atoms with Gasteiger partial charge < -0.3 is 14.5 Å². The fourth-order valence-electron chi connectivity index (χ4n) is 4.10. The first-order valence-corrected chi connectivity index (χ1v) is 10.2. The summed E-state index contributed by atoms with van der Waals surface area (Å²) in [5.74, 6) is 0.919. The minimum atomic E-state index is -0.204. The molecule has 0 aliphatic carbocycles. The molecule has 1 atom stereocenters. The Kier molecular flexibility index (Phi) is 5.69. The van der Waals surface area contributed by atoms with E-state index < -0.39 is 0 Å². The van der Waals surface area contributed by atoms with E-state index in [2.05, 4.69) is 53.2 Å². The number of rotatable bonds is 6. The molecule has 28 heavy (non-hydrogen) atoms. The Morgan fingerprint density at radius 3 is 2.71 bits per heavy atom. The van der Waals surface area contributed by atoms with Gasteiger partial charge in [-0.2, -0.15) is 0 Å². The summed E-state index contributed by atoms with van der Waals surface area (Å²) in [6, 6.07) is 17.1. The molecule has 1 fully saturated rings. The minimum Gasteiger partial charge on any atom is -0.491 e. The lowest BCUT2D eigenvalue weighted by molar-refractivity contribution is -0.0541. The molecule has 0 spiro atoms. The van der Waals surface area contributed by atoms with Gasteiger partial charge in [-0.25, -0.2) is 0 Å². The first-order valence-electron chi connectivity index (χ1n) is 10.2. The predicted octanol–water partition coefficient (Wildman–Crippen LogP) is 4.93. The maximum atomic E-state index is 6.10. The van der Waals surface area contributed by atoms with Crippen LogP contribution in [-0.4, -0.2) is 42.3 Å². The van der Waals surface area contributed by atoms with Gasteiger partial charge in [0.25, 0.3) is 0 Å². The van der Waals surface area contributed by atoms with Gasteiger partial charge in [0.05, 0.1) is 0 Å². The lowest BCUT2D eigenvalue weighted by atomic mass is 9.95. The van der Waals surface area contributed by atoms with Crippen molar-refractivity contribution in [1.29, 1.82) is 0 Å². The van der Waals surface area contributed by atoms with E-state index in [1.807, 2.05) is 25.4 Å². The molecule has 2 aromatic carbocycles. The Hall–Kier alpha value is -2.30. The number of methoxy groups -OCH3 is 1. The van der Waals surface area contributed by atoms with Crippen LogP contribution < -0.4 is 4.74 Å². The molecule has 0 saturated carbocycles. The Balaban J connectivity index is 1.37. The third-order valence-corrected chi connectivity index (χ3v) is 5.97. The summed E-state index contributed by atoms with van der Waals surface area (Å²) in [5.41, 5.74) is 3.61. The van der Waals surface area contributed by atoms with Crippen LogP contribution in [0.15, 0.2) is 54.7 Å². The number of benzene rings is 2. The number of H-pyrrole nitrogens is 1. The van der Waals surface area contributed by atoms with E-state index in [4.69, 9.17) is 9.47 Å². The summed E-state index contributed by atoms with van der Waals surface area (Å²) in [7, 11) is 1.83. The molecule has 1 aliphatic heterocycles. The SMILES string of the molecule is CO[C@]1(COc2ccc(C)cc2)CCCN(Cc2ccc3[nH]ccc3c2)CC1. The molecule has 1 N–H and O–H groups in total. The number of aryl methyl sites for hydroxylation is 1. The molecular weight excluding hydrogens is 348 g/mol. The van der Waals surface area contributed by atoms with Crippen LogP contribution in [-0.2, 0) is 11.3 Å². The second kappa shape index (κ2) is 8.38. The van der Waals surface area contributed by atoms with Crippen molar-refractivity contribution in [2.24, 2.45) is 0 Å². The van der Waals surface area contributed by atoms with Crippen molar-refractivity contribution in [2.45, 2.75) is 38.3 Å². The number of nitrogens with zero attached hydrogens (tertiary/aromatic N) is 1. The molecule has 2 heterocycles. The van der Waals surface area contributed by atoms with Crippen molar-refractivity contribution >= 4 is 10.9 Å². The molecule has 1 aromatic heterocycles. The first-order chi connectivity index (χ1) is 13.7. The standard InChI is InChI=1S/C24H30N2O2/c1-19-4-7-22(8-5-19)28-18-24(27-2)11-3-14-26(15-12-24)17-20-6-9-23-21(16-20)10-13-25-23/h4-10,13,16,25H,3,11-12,14-15,17-18H2,1-2H3/t24-/m1/s1. The van der Waals surface area contributed by atoms with Crippen LogP contribution >= 0.6 is 0 Å². The monoisotopic (exact) mass is 378 g/mol. The molecule has 1 saturated heterocycles. The van der Waals surface area contributed by atoms with Crippen LogP contribution in [0.4, 0.5) is 0 Å². The Bertz CT molecular complexity index is 902. The average Bonchev–Trinajstić information content (AvgIpc) is 3.09. The van der Waals surface area contributed by atoms with Crippen LogP contribution in [0.3, 0.4) is 0 Å². The molecule has 4 rings (SSSR count). The molecule has 4 heteroatoms. The number of ether oxygens (including phenoxy) is 2. The number of fused-ring (bicyclic) bond motifs is 1. The largest absolute Gasteiger partial charge is 0.491 e. The quantitative estimate of drug-likeness (QED) is 0.661. The highest BCUT2D eigenvalue weighted by molar-refractivity contribution is 5.79. The minimum absolute atomic E-state index is 0.204. The van der Waals surface area contributed by atoms with E-state index in [0.717, 1.165) is 44.6 Å². The molecule has 4 nitrogen and oxygen atoms in total. The van der Waals surface area contributed by atoms with Crippen LogP contribution in [0, 0.1) is 6.92 Å². The van der Waals surface area contributed by atoms with Gasteiger partial charge in [-0.15, -0.1) is 0 Å². The van der Waals surface area contributed by atoms with Crippen molar-refractivity contribution < 1.29 is 9.47 Å². The van der Waals surface area contributed by atoms with Crippen LogP contribution in [0.5, 0.6) is 5.75 Å². The Morgan fingerprint density at radius 2 is 1.89 bits per heavy atom. The van der Waals surface area contributed by atoms with Crippen molar-refractivity contribution in [1.82, 2.24) is 9.88 Å². The molecule has 0 bridgehead atoms. The van der Waals surface area contributed by atoms with Gasteiger partial charge in [-0.05, 0) is 74.0 Å². The van der Waals surface area contributed by atoms with E-state index in [1.54, 1.807) is 0 Å². The van der Waals surface area contributed by atoms with Crippen molar-refractivity contribution in [3.8, 4) is 5.75 Å². The molecule has 148 valence electrons. The Labute approximate surface area is 167 Å². The predicted molar refractivity (Wildman–Crippen MR) is 114 cm³/mol. The zero-order valence-electron chi connectivity index (χ0n) is 16.9. The molecule has 3 aromatic rings. The molecule has 0 radical (unpaired) electrons. The van der Waals surface area contributed by atoms with E-state index in [-0.39, 0.29) is 5.60 Å². The normalized spacial score (nSPS) is 20.9. The average molecular weight is 379 g/mol. The second-order valence-electron chi connectivity index (χ2n) is 8.02. The van der Waals surface area contributed by atoms with E-state index in [0.29, 0.717) is 6.61 Å². The smallest absolute Gasteiger partial charge is 0.119 e. The van der Waals surface area contributed by atoms with Gasteiger partial charge in [0.2, 0.25) is 0 Å². The molecule has 1 aliphatic rings. The summed E-state index contributed by atoms with van der Waals surface area (Å²) in [4.78, 5) is 5.81. The highest BCUT2D eigenvalue weighted by Gasteiger charge is 2.33. The second-order valence-corrected chi connectivity index (χ2v) is 8.02. The maximum absolute atomic E-state index is 6.10. The summed E-state index contributed by atoms with van der Waals surface area (Å²) in [6.07, 6.45) is 5.14. The third kappa shape index (κ3) is 4.40. The zero-order valence-corrected chi connectivity index (χ0v) is 16.9. The fourth-order valence-corrected chi connectivity index (χ4v) is 4.10. The number of aromatic nitrogens is 1. The van der Waals surface area contributed by atoms with Gasteiger partial charge in [0.15, 0.2) is 0 Å². The lowest BCUT2D eigenvalue weighted by Crippen LogP contribution is -2.39. The van der Waals surface area contributed by atoms with Gasteiger partial charge in [-0.1, -0.05) is 23.8 Å². The van der Waals surface area contributed by atoms with Gasteiger partial charge >= 0.3 is 0 Å². The van der Waals surface area contributed by atoms with Crippen LogP contribution in [0.1, 0.15) is 30.4 Å². The highest BCUT2D eigenvalue weighted by Crippen LogP contribution is 2.28. The fraction of sp³-hybridized carbons (Fsp3) is 0.417. The van der Waals surface area contributed by atoms with E-state index in [9.17, 15) is 0 Å². The van der Waals surface area contributed by atoms with Gasteiger partial charge in [0.1, 0.15) is 18.0 Å². The van der Waals surface area contributed by atoms with E-state index >= 15 is 0 Å². The number of likely N-dealkylation sites (tertiary alicyclic amines) is 1. The van der Waals surface area contributed by atoms with Crippen molar-refractivity contribution in [3.63, 3.8) is 0 Å². The number of hydrogen-bond donors (Lipinski definition) is 1. The van der Waals surface area contributed by atoms with Crippen LogP contribution in [0.2, 0.25) is 0 Å². The molecule has 0 unspecified atom stereocenters. The highest BCUT2D eigenvalue weighted by atomic mass is 16.5. The number of nitrogens with one attached hydrogen (secondary N) is 1.